The van der Waals surface area contributed by atoms with E-state index in [4.69, 9.17) is 4.74 Å². The maximum Gasteiger partial charge on any atom is 0.305 e. The number of aromatic amines is 1. The first kappa shape index (κ1) is 19.6. The van der Waals surface area contributed by atoms with Crippen molar-refractivity contribution >= 4 is 56.5 Å². The molecular weight excluding hydrogens is 488 g/mol. The molecule has 2 aliphatic heterocycles. The van der Waals surface area contributed by atoms with Crippen molar-refractivity contribution in [3.63, 3.8) is 0 Å². The van der Waals surface area contributed by atoms with Crippen LogP contribution >= 0.6 is 39.0 Å². The lowest BCUT2D eigenvalue weighted by atomic mass is 9.83. The maximum atomic E-state index is 13.5. The summed E-state index contributed by atoms with van der Waals surface area (Å²) in [6.45, 7) is 0. The second-order valence-electron chi connectivity index (χ2n) is 7.01. The maximum absolute atomic E-state index is 13.5. The monoisotopic (exact) mass is 502 g/mol. The fraction of sp³-hybridized carbons (Fsp3) is 0.190. The molecule has 2 amide bonds. The summed E-state index contributed by atoms with van der Waals surface area (Å²) < 4.78 is 6.12. The Morgan fingerprint density at radius 3 is 2.37 bits per heavy atom. The number of fused-ring (bicyclic) bond motifs is 2. The Labute approximate surface area is 188 Å². The summed E-state index contributed by atoms with van der Waals surface area (Å²) in [6.07, 6.45) is 0. The highest BCUT2D eigenvalue weighted by Crippen LogP contribution is 2.53. The minimum Gasteiger partial charge on any atom is -0.497 e. The van der Waals surface area contributed by atoms with Crippen LogP contribution in [0.2, 0.25) is 0 Å². The summed E-state index contributed by atoms with van der Waals surface area (Å²) in [5.74, 6) is -0.759. The highest BCUT2D eigenvalue weighted by Gasteiger charge is 2.56. The van der Waals surface area contributed by atoms with Crippen LogP contribution in [-0.4, -0.2) is 29.2 Å². The van der Waals surface area contributed by atoms with Crippen LogP contribution in [0, 0.1) is 5.92 Å². The number of halogens is 1. The molecule has 9 heteroatoms. The molecule has 3 atom stereocenters. The minimum atomic E-state index is -0.592. The average molecular weight is 503 g/mol. The Morgan fingerprint density at radius 1 is 1.00 bits per heavy atom. The number of benzene rings is 2. The van der Waals surface area contributed by atoms with Gasteiger partial charge in [0, 0.05) is 15.3 Å². The molecule has 1 saturated heterocycles. The highest BCUT2D eigenvalue weighted by molar-refractivity contribution is 9.10. The van der Waals surface area contributed by atoms with Crippen molar-refractivity contribution in [1.29, 1.82) is 0 Å². The van der Waals surface area contributed by atoms with Gasteiger partial charge >= 0.3 is 4.87 Å². The summed E-state index contributed by atoms with van der Waals surface area (Å²) in [6, 6.07) is 14.6. The fourth-order valence-electron chi connectivity index (χ4n) is 4.03. The molecule has 0 bridgehead atoms. The molecule has 3 heterocycles. The highest BCUT2D eigenvalue weighted by atomic mass is 79.9. The molecule has 1 fully saturated rings. The summed E-state index contributed by atoms with van der Waals surface area (Å²) in [7, 11) is 1.59. The van der Waals surface area contributed by atoms with Gasteiger partial charge in [-0.3, -0.25) is 14.4 Å². The van der Waals surface area contributed by atoms with Crippen molar-refractivity contribution < 1.29 is 14.3 Å². The Kier molecular flexibility index (Phi) is 4.83. The van der Waals surface area contributed by atoms with E-state index in [1.54, 1.807) is 31.4 Å². The number of thioether (sulfide) groups is 1. The van der Waals surface area contributed by atoms with Crippen LogP contribution in [0.5, 0.6) is 5.75 Å². The number of nitrogens with zero attached hydrogens (tertiary/aromatic N) is 1. The van der Waals surface area contributed by atoms with Gasteiger partial charge in [0.25, 0.3) is 0 Å². The molecule has 0 saturated carbocycles. The van der Waals surface area contributed by atoms with E-state index in [-0.39, 0.29) is 22.6 Å². The number of hydrogen-bond acceptors (Lipinski definition) is 6. The van der Waals surface area contributed by atoms with Crippen LogP contribution in [0.3, 0.4) is 0 Å². The first-order valence-electron chi connectivity index (χ1n) is 9.15. The molecule has 30 heavy (non-hydrogen) atoms. The molecule has 5 rings (SSSR count). The molecule has 1 aromatic heterocycles. The fourth-order valence-corrected chi connectivity index (χ4v) is 6.81. The number of aromatic nitrogens is 1. The van der Waals surface area contributed by atoms with Gasteiger partial charge in [0.1, 0.15) is 11.0 Å². The van der Waals surface area contributed by atoms with Crippen LogP contribution in [0.25, 0.3) is 0 Å². The Bertz CT molecular complexity index is 1200. The van der Waals surface area contributed by atoms with Crippen LogP contribution in [0.1, 0.15) is 16.4 Å². The Hall–Kier alpha value is -2.36. The molecule has 6 nitrogen and oxygen atoms in total. The van der Waals surface area contributed by atoms with Gasteiger partial charge in [-0.25, -0.2) is 4.90 Å². The number of hydrogen-bond donors (Lipinski definition) is 1. The molecule has 0 spiro atoms. The predicted octanol–water partition coefficient (Wildman–Crippen LogP) is 4.00. The van der Waals surface area contributed by atoms with E-state index in [0.29, 0.717) is 16.5 Å². The van der Waals surface area contributed by atoms with Crippen LogP contribution in [0.4, 0.5) is 5.69 Å². The summed E-state index contributed by atoms with van der Waals surface area (Å²) in [5, 5.41) is 0.0804. The van der Waals surface area contributed by atoms with Gasteiger partial charge in [0.2, 0.25) is 11.8 Å². The number of imide groups is 1. The van der Waals surface area contributed by atoms with Gasteiger partial charge in [-0.05, 0) is 42.0 Å². The van der Waals surface area contributed by atoms with Crippen molar-refractivity contribution in [3.8, 4) is 5.75 Å². The van der Waals surface area contributed by atoms with E-state index in [1.165, 1.54) is 16.7 Å². The van der Waals surface area contributed by atoms with Gasteiger partial charge in [-0.15, -0.1) is 0 Å². The lowest BCUT2D eigenvalue weighted by Crippen LogP contribution is -2.32. The molecular formula is C21H15BrN2O4S2. The van der Waals surface area contributed by atoms with Crippen molar-refractivity contribution in [2.45, 2.75) is 16.2 Å². The van der Waals surface area contributed by atoms with Crippen molar-refractivity contribution in [1.82, 2.24) is 4.98 Å². The van der Waals surface area contributed by atoms with Gasteiger partial charge in [0.05, 0.1) is 23.7 Å². The van der Waals surface area contributed by atoms with Crippen LogP contribution in [0.15, 0.2) is 62.8 Å². The normalized spacial score (nSPS) is 22.7. The van der Waals surface area contributed by atoms with E-state index in [0.717, 1.165) is 26.3 Å². The van der Waals surface area contributed by atoms with Gasteiger partial charge in [-0.1, -0.05) is 51.2 Å². The van der Waals surface area contributed by atoms with E-state index in [1.807, 2.05) is 24.3 Å². The van der Waals surface area contributed by atoms with Gasteiger partial charge < -0.3 is 9.72 Å². The first-order chi connectivity index (χ1) is 14.5. The summed E-state index contributed by atoms with van der Waals surface area (Å²) >= 11 is 5.76. The molecule has 2 aromatic carbocycles. The number of amides is 2. The largest absolute Gasteiger partial charge is 0.497 e. The molecule has 152 valence electrons. The number of anilines is 1. The number of rotatable bonds is 3. The third kappa shape index (κ3) is 3.03. The second-order valence-corrected chi connectivity index (χ2v) is 10.1. The molecule has 1 N–H and O–H groups in total. The zero-order chi connectivity index (χ0) is 21.0. The zero-order valence-electron chi connectivity index (χ0n) is 15.6. The topological polar surface area (TPSA) is 79.5 Å². The summed E-state index contributed by atoms with van der Waals surface area (Å²) in [4.78, 5) is 43.6. The van der Waals surface area contributed by atoms with Crippen molar-refractivity contribution in [2.75, 3.05) is 12.0 Å². The SMILES string of the molecule is COc1ccc([C@H]2c3sc(=O)[nH]c3SC3C(=O)N(c4ccc(Br)cc4)C(=O)C32)cc1. The number of thiazole rings is 1. The number of methoxy groups -OCH3 is 1. The Morgan fingerprint density at radius 2 is 1.70 bits per heavy atom. The smallest absolute Gasteiger partial charge is 0.305 e. The van der Waals surface area contributed by atoms with Crippen LogP contribution < -0.4 is 14.5 Å². The number of H-pyrrole nitrogens is 1. The lowest BCUT2D eigenvalue weighted by Gasteiger charge is -2.29. The predicted molar refractivity (Wildman–Crippen MR) is 120 cm³/mol. The first-order valence-corrected chi connectivity index (χ1v) is 11.6. The zero-order valence-corrected chi connectivity index (χ0v) is 18.8. The molecule has 2 unspecified atom stereocenters. The number of carbonyl (C=O) groups is 2. The standard InChI is InChI=1S/C21H15BrN2O4S2/c1-28-13-8-2-10(3-9-13)14-15-17(29-18-16(14)30-21(27)23-18)20(26)24(19(15)25)12-6-4-11(22)5-7-12/h2-9,14-15,17H,1H3,(H,23,27)/t14-,15?,17?/m1/s1. The quantitative estimate of drug-likeness (QED) is 0.547. The van der Waals surface area contributed by atoms with E-state index in [2.05, 4.69) is 20.9 Å². The van der Waals surface area contributed by atoms with Crippen molar-refractivity contribution in [2.24, 2.45) is 5.92 Å². The minimum absolute atomic E-state index is 0.185. The molecule has 0 radical (unpaired) electrons. The molecule has 2 aliphatic rings. The number of ether oxygens (including phenoxy) is 1. The second kappa shape index (κ2) is 7.40. The third-order valence-electron chi connectivity index (χ3n) is 5.38. The van der Waals surface area contributed by atoms with E-state index >= 15 is 0 Å². The summed E-state index contributed by atoms with van der Waals surface area (Å²) in [5.41, 5.74) is 1.43. The third-order valence-corrected chi connectivity index (χ3v) is 8.31. The van der Waals surface area contributed by atoms with Gasteiger partial charge in [0.15, 0.2) is 0 Å². The van der Waals surface area contributed by atoms with Crippen molar-refractivity contribution in [3.05, 3.63) is 73.1 Å². The van der Waals surface area contributed by atoms with Crippen LogP contribution in [-0.2, 0) is 9.59 Å². The number of nitrogens with one attached hydrogen (secondary N) is 1. The molecule has 3 aromatic rings. The Balaban J connectivity index is 1.63. The van der Waals surface area contributed by atoms with E-state index < -0.39 is 11.2 Å². The number of carbonyl (C=O) groups excluding carboxylic acids is 2. The van der Waals surface area contributed by atoms with E-state index in [9.17, 15) is 14.4 Å². The average Bonchev–Trinajstić information content (AvgIpc) is 3.24. The molecule has 0 aliphatic carbocycles. The van der Waals surface area contributed by atoms with Gasteiger partial charge in [-0.2, -0.15) is 0 Å². The lowest BCUT2D eigenvalue weighted by molar-refractivity contribution is -0.122.